The molecule has 0 spiro atoms. The Balaban J connectivity index is 2.44. The maximum atomic E-state index is 13.5. The van der Waals surface area contributed by atoms with Crippen LogP contribution in [-0.2, 0) is 26.2 Å². The molecule has 1 atom stereocenters. The molecule has 0 saturated carbocycles. The smallest absolute Gasteiger partial charge is 0.244 e. The summed E-state index contributed by atoms with van der Waals surface area (Å²) in [5.74, 6) is -0.738. The van der Waals surface area contributed by atoms with E-state index in [1.807, 2.05) is 77.1 Å². The van der Waals surface area contributed by atoms with Gasteiger partial charge in [-0.15, -0.1) is 0 Å². The zero-order valence-electron chi connectivity index (χ0n) is 20.5. The van der Waals surface area contributed by atoms with E-state index < -0.39 is 28.5 Å². The molecule has 0 aromatic heterocycles. The number of nitrogens with one attached hydrogen (secondary N) is 1. The summed E-state index contributed by atoms with van der Waals surface area (Å²) in [5, 5.41) is 2.84. The third-order valence-corrected chi connectivity index (χ3v) is 6.55. The van der Waals surface area contributed by atoms with Crippen molar-refractivity contribution in [2.75, 3.05) is 17.1 Å². The molecule has 0 radical (unpaired) electrons. The first-order chi connectivity index (χ1) is 15.3. The first-order valence-corrected chi connectivity index (χ1v) is 12.9. The highest BCUT2D eigenvalue weighted by Gasteiger charge is 2.31. The molecular formula is C25H35N3O4S. The number of carbonyl (C=O) groups is 2. The van der Waals surface area contributed by atoms with Crippen LogP contribution in [0.5, 0.6) is 0 Å². The molecule has 1 N–H and O–H groups in total. The van der Waals surface area contributed by atoms with Crippen LogP contribution in [0, 0.1) is 20.8 Å². The van der Waals surface area contributed by atoms with Gasteiger partial charge in [0.25, 0.3) is 0 Å². The maximum absolute atomic E-state index is 13.5. The van der Waals surface area contributed by atoms with Crippen LogP contribution >= 0.6 is 0 Å². The van der Waals surface area contributed by atoms with E-state index in [4.69, 9.17) is 0 Å². The second-order valence-corrected chi connectivity index (χ2v) is 10.8. The standard InChI is InChI=1S/C25H35N3O4S/c1-17(2)26-25(30)21(6)27(15-22-13-11-18(3)12-14-22)23(29)16-28(33(7,31)32)24-19(4)9-8-10-20(24)5/h8-14,17,21H,15-16H2,1-7H3,(H,26,30). The fourth-order valence-electron chi connectivity index (χ4n) is 3.65. The Hall–Kier alpha value is -2.87. The number of anilines is 1. The monoisotopic (exact) mass is 473 g/mol. The van der Waals surface area contributed by atoms with Crippen molar-refractivity contribution in [2.24, 2.45) is 0 Å². The molecule has 2 aromatic carbocycles. The van der Waals surface area contributed by atoms with E-state index in [-0.39, 0.29) is 18.5 Å². The molecule has 180 valence electrons. The number of hydrogen-bond acceptors (Lipinski definition) is 4. The van der Waals surface area contributed by atoms with Crippen molar-refractivity contribution < 1.29 is 18.0 Å². The van der Waals surface area contributed by atoms with Crippen molar-refractivity contribution in [1.82, 2.24) is 10.2 Å². The molecule has 1 unspecified atom stereocenters. The fraction of sp³-hybridized carbons (Fsp3) is 0.440. The summed E-state index contributed by atoms with van der Waals surface area (Å²) in [4.78, 5) is 27.7. The van der Waals surface area contributed by atoms with Crippen molar-refractivity contribution >= 4 is 27.5 Å². The van der Waals surface area contributed by atoms with Gasteiger partial charge in [0.2, 0.25) is 21.8 Å². The minimum absolute atomic E-state index is 0.0848. The normalized spacial score (nSPS) is 12.4. The Morgan fingerprint density at radius 3 is 1.97 bits per heavy atom. The van der Waals surface area contributed by atoms with Crippen LogP contribution < -0.4 is 9.62 Å². The zero-order valence-corrected chi connectivity index (χ0v) is 21.4. The summed E-state index contributed by atoms with van der Waals surface area (Å²) < 4.78 is 26.6. The van der Waals surface area contributed by atoms with Gasteiger partial charge in [-0.3, -0.25) is 13.9 Å². The molecule has 2 rings (SSSR count). The van der Waals surface area contributed by atoms with Crippen molar-refractivity contribution in [1.29, 1.82) is 0 Å². The quantitative estimate of drug-likeness (QED) is 0.605. The highest BCUT2D eigenvalue weighted by Crippen LogP contribution is 2.27. The van der Waals surface area contributed by atoms with E-state index in [1.54, 1.807) is 6.92 Å². The van der Waals surface area contributed by atoms with Gasteiger partial charge in [-0.05, 0) is 58.2 Å². The molecule has 8 heteroatoms. The van der Waals surface area contributed by atoms with E-state index in [0.717, 1.165) is 32.8 Å². The summed E-state index contributed by atoms with van der Waals surface area (Å²) in [6, 6.07) is 12.3. The lowest BCUT2D eigenvalue weighted by atomic mass is 10.1. The summed E-state index contributed by atoms with van der Waals surface area (Å²) in [6.07, 6.45) is 1.09. The number of aryl methyl sites for hydroxylation is 3. The van der Waals surface area contributed by atoms with Gasteiger partial charge in [0.05, 0.1) is 11.9 Å². The van der Waals surface area contributed by atoms with Gasteiger partial charge in [0.1, 0.15) is 12.6 Å². The van der Waals surface area contributed by atoms with E-state index in [9.17, 15) is 18.0 Å². The second kappa shape index (κ2) is 10.8. The molecule has 0 saturated heterocycles. The minimum atomic E-state index is -3.75. The second-order valence-electron chi connectivity index (χ2n) is 8.86. The highest BCUT2D eigenvalue weighted by atomic mass is 32.2. The van der Waals surface area contributed by atoms with Gasteiger partial charge in [-0.1, -0.05) is 48.0 Å². The number of rotatable bonds is 9. The van der Waals surface area contributed by atoms with Crippen LogP contribution in [0.3, 0.4) is 0 Å². The molecule has 2 amide bonds. The molecule has 0 aliphatic rings. The lowest BCUT2D eigenvalue weighted by molar-refractivity contribution is -0.139. The summed E-state index contributed by atoms with van der Waals surface area (Å²) in [5.41, 5.74) is 3.94. The largest absolute Gasteiger partial charge is 0.352 e. The van der Waals surface area contributed by atoms with Crippen molar-refractivity contribution in [3.63, 3.8) is 0 Å². The van der Waals surface area contributed by atoms with Crippen molar-refractivity contribution in [3.8, 4) is 0 Å². The van der Waals surface area contributed by atoms with Gasteiger partial charge >= 0.3 is 0 Å². The fourth-order valence-corrected chi connectivity index (χ4v) is 4.62. The predicted molar refractivity (Wildman–Crippen MR) is 133 cm³/mol. The van der Waals surface area contributed by atoms with Crippen molar-refractivity contribution in [3.05, 3.63) is 64.7 Å². The summed E-state index contributed by atoms with van der Waals surface area (Å²) >= 11 is 0. The average Bonchev–Trinajstić information content (AvgIpc) is 2.70. The number of nitrogens with zero attached hydrogens (tertiary/aromatic N) is 2. The Morgan fingerprint density at radius 1 is 0.939 bits per heavy atom. The Morgan fingerprint density at radius 2 is 1.48 bits per heavy atom. The molecule has 0 aliphatic heterocycles. The lowest BCUT2D eigenvalue weighted by Gasteiger charge is -2.32. The van der Waals surface area contributed by atoms with Gasteiger partial charge in [-0.2, -0.15) is 0 Å². The summed E-state index contributed by atoms with van der Waals surface area (Å²) in [7, 11) is -3.75. The molecule has 0 aliphatic carbocycles. The predicted octanol–water partition coefficient (Wildman–Crippen LogP) is 3.32. The molecule has 33 heavy (non-hydrogen) atoms. The van der Waals surface area contributed by atoms with Crippen LogP contribution in [-0.4, -0.2) is 50.0 Å². The average molecular weight is 474 g/mol. The van der Waals surface area contributed by atoms with Gasteiger partial charge in [-0.25, -0.2) is 8.42 Å². The lowest BCUT2D eigenvalue weighted by Crippen LogP contribution is -2.52. The third-order valence-electron chi connectivity index (χ3n) is 5.44. The van der Waals surface area contributed by atoms with Crippen molar-refractivity contribution in [2.45, 2.75) is 60.2 Å². The van der Waals surface area contributed by atoms with E-state index in [1.165, 1.54) is 4.90 Å². The number of sulfonamides is 1. The van der Waals surface area contributed by atoms with Gasteiger partial charge in [0, 0.05) is 12.6 Å². The van der Waals surface area contributed by atoms with Gasteiger partial charge in [0.15, 0.2) is 0 Å². The highest BCUT2D eigenvalue weighted by molar-refractivity contribution is 7.92. The van der Waals surface area contributed by atoms with Crippen LogP contribution in [0.15, 0.2) is 42.5 Å². The first kappa shape index (κ1) is 26.4. The van der Waals surface area contributed by atoms with Crippen LogP contribution in [0.4, 0.5) is 5.69 Å². The molecule has 0 heterocycles. The number of para-hydroxylation sites is 1. The molecule has 0 fully saturated rings. The molecule has 0 bridgehead atoms. The first-order valence-electron chi connectivity index (χ1n) is 11.0. The van der Waals surface area contributed by atoms with Gasteiger partial charge < -0.3 is 10.2 Å². The van der Waals surface area contributed by atoms with Crippen LogP contribution in [0.1, 0.15) is 43.0 Å². The van der Waals surface area contributed by atoms with Crippen LogP contribution in [0.25, 0.3) is 0 Å². The Kier molecular flexibility index (Phi) is 8.66. The molecule has 2 aromatic rings. The molecular weight excluding hydrogens is 438 g/mol. The SMILES string of the molecule is Cc1ccc(CN(C(=O)CN(c2c(C)cccc2C)S(C)(=O)=O)C(C)C(=O)NC(C)C)cc1. The Bertz CT molecular complexity index is 1070. The number of carbonyl (C=O) groups excluding carboxylic acids is 2. The Labute approximate surface area is 197 Å². The van der Waals surface area contributed by atoms with E-state index in [0.29, 0.717) is 5.69 Å². The maximum Gasteiger partial charge on any atom is 0.244 e. The van der Waals surface area contributed by atoms with E-state index >= 15 is 0 Å². The van der Waals surface area contributed by atoms with Crippen LogP contribution in [0.2, 0.25) is 0 Å². The number of benzene rings is 2. The van der Waals surface area contributed by atoms with E-state index in [2.05, 4.69) is 5.32 Å². The minimum Gasteiger partial charge on any atom is -0.352 e. The molecule has 7 nitrogen and oxygen atoms in total. The number of hydrogen-bond donors (Lipinski definition) is 1. The topological polar surface area (TPSA) is 86.8 Å². The zero-order chi connectivity index (χ0) is 24.9. The number of amides is 2. The third kappa shape index (κ3) is 7.05. The summed E-state index contributed by atoms with van der Waals surface area (Å²) in [6.45, 7) is 10.8.